The van der Waals surface area contributed by atoms with Crippen molar-refractivity contribution in [1.82, 2.24) is 0 Å². The molecule has 2 aromatic heterocycles. The van der Waals surface area contributed by atoms with Gasteiger partial charge in [0.2, 0.25) is 0 Å². The van der Waals surface area contributed by atoms with Crippen LogP contribution in [0.1, 0.15) is 22.3 Å². The van der Waals surface area contributed by atoms with E-state index in [2.05, 4.69) is 188 Å². The van der Waals surface area contributed by atoms with Gasteiger partial charge in [-0.1, -0.05) is 158 Å². The van der Waals surface area contributed by atoms with E-state index in [1.807, 2.05) is 6.07 Å². The van der Waals surface area contributed by atoms with Crippen LogP contribution >= 0.6 is 0 Å². The molecule has 2 aliphatic carbocycles. The average molecular weight is 749 g/mol. The molecule has 1 spiro atoms. The molecule has 2 aliphatic rings. The van der Waals surface area contributed by atoms with Gasteiger partial charge in [-0.15, -0.1) is 0 Å². The van der Waals surface area contributed by atoms with Gasteiger partial charge in [0.25, 0.3) is 0 Å². The Kier molecular flexibility index (Phi) is 5.99. The highest BCUT2D eigenvalue weighted by Crippen LogP contribution is 2.64. The predicted octanol–water partition coefficient (Wildman–Crippen LogP) is 15.5. The standard InChI is InChI=1S/C57H32O2/c1-2-12-38-33(11-1)23-27-46-54-37(17-10-22-53(54)59-56(38)46)35-24-26-42-45-29-28-39-36(34-25-30-52-47(31-34)43-15-5-8-21-51(43)58-52)16-9-18-44(39)55(45)57(50(42)32-35)48-19-6-3-13-40(48)41-14-4-7-20-49(41)57/h1-32H. The average Bonchev–Trinajstić information content (AvgIpc) is 4.04. The maximum Gasteiger partial charge on any atom is 0.143 e. The van der Waals surface area contributed by atoms with Gasteiger partial charge in [0.05, 0.1) is 5.41 Å². The van der Waals surface area contributed by atoms with Gasteiger partial charge in [-0.3, -0.25) is 0 Å². The lowest BCUT2D eigenvalue weighted by atomic mass is 9.69. The van der Waals surface area contributed by atoms with E-state index in [1.54, 1.807) is 0 Å². The second kappa shape index (κ2) is 11.2. The Morgan fingerprint density at radius 3 is 1.80 bits per heavy atom. The van der Waals surface area contributed by atoms with E-state index in [0.717, 1.165) is 49.3 Å². The molecule has 0 N–H and O–H groups in total. The lowest BCUT2D eigenvalue weighted by Gasteiger charge is -2.32. The molecule has 12 aromatic rings. The first-order chi connectivity index (χ1) is 29.3. The fourth-order valence-corrected chi connectivity index (χ4v) is 11.1. The summed E-state index contributed by atoms with van der Waals surface area (Å²) in [5, 5.41) is 9.42. The van der Waals surface area contributed by atoms with E-state index in [4.69, 9.17) is 8.83 Å². The third kappa shape index (κ3) is 3.96. The third-order valence-corrected chi connectivity index (χ3v) is 13.5. The van der Waals surface area contributed by atoms with Gasteiger partial charge in [-0.05, 0) is 119 Å². The maximum atomic E-state index is 6.69. The van der Waals surface area contributed by atoms with Crippen molar-refractivity contribution in [2.45, 2.75) is 5.41 Å². The van der Waals surface area contributed by atoms with Crippen molar-refractivity contribution in [2.75, 3.05) is 0 Å². The summed E-state index contributed by atoms with van der Waals surface area (Å²) in [6.45, 7) is 0. The molecular formula is C57H32O2. The summed E-state index contributed by atoms with van der Waals surface area (Å²) in [5.74, 6) is 0. The lowest BCUT2D eigenvalue weighted by molar-refractivity contribution is 0.669. The minimum Gasteiger partial charge on any atom is -0.456 e. The topological polar surface area (TPSA) is 26.3 Å². The normalized spacial score (nSPS) is 13.6. The summed E-state index contributed by atoms with van der Waals surface area (Å²) in [4.78, 5) is 0. The molecule has 14 rings (SSSR count). The molecule has 0 bridgehead atoms. The van der Waals surface area contributed by atoms with Gasteiger partial charge in [0, 0.05) is 26.9 Å². The number of fused-ring (bicyclic) bond motifs is 20. The van der Waals surface area contributed by atoms with E-state index < -0.39 is 5.41 Å². The highest BCUT2D eigenvalue weighted by Gasteiger charge is 2.52. The first-order valence-electron chi connectivity index (χ1n) is 20.4. The Morgan fingerprint density at radius 1 is 0.305 bits per heavy atom. The van der Waals surface area contributed by atoms with Crippen molar-refractivity contribution >= 4 is 65.4 Å². The van der Waals surface area contributed by atoms with Crippen LogP contribution in [-0.2, 0) is 5.41 Å². The van der Waals surface area contributed by atoms with Crippen LogP contribution in [-0.4, -0.2) is 0 Å². The fourth-order valence-electron chi connectivity index (χ4n) is 11.1. The van der Waals surface area contributed by atoms with Crippen molar-refractivity contribution in [3.8, 4) is 44.5 Å². The summed E-state index contributed by atoms with van der Waals surface area (Å²) in [7, 11) is 0. The number of rotatable bonds is 2. The van der Waals surface area contributed by atoms with Gasteiger partial charge in [-0.2, -0.15) is 0 Å². The Bertz CT molecular complexity index is 3750. The molecular weight excluding hydrogens is 717 g/mol. The largest absolute Gasteiger partial charge is 0.456 e. The molecule has 0 amide bonds. The Hall–Kier alpha value is -7.68. The summed E-state index contributed by atoms with van der Waals surface area (Å²) >= 11 is 0. The Balaban J connectivity index is 1.06. The quantitative estimate of drug-likeness (QED) is 0.176. The van der Waals surface area contributed by atoms with E-state index in [1.165, 1.54) is 82.9 Å². The lowest BCUT2D eigenvalue weighted by Crippen LogP contribution is -2.26. The van der Waals surface area contributed by atoms with Crippen molar-refractivity contribution in [3.05, 3.63) is 216 Å². The van der Waals surface area contributed by atoms with Crippen LogP contribution in [0.2, 0.25) is 0 Å². The van der Waals surface area contributed by atoms with Crippen LogP contribution in [0.15, 0.2) is 203 Å². The molecule has 0 radical (unpaired) electrons. The van der Waals surface area contributed by atoms with Crippen molar-refractivity contribution in [1.29, 1.82) is 0 Å². The smallest absolute Gasteiger partial charge is 0.143 e. The molecule has 0 unspecified atom stereocenters. The molecule has 10 aromatic carbocycles. The second-order valence-corrected chi connectivity index (χ2v) is 16.2. The van der Waals surface area contributed by atoms with Crippen LogP contribution in [0.5, 0.6) is 0 Å². The predicted molar refractivity (Wildman–Crippen MR) is 243 cm³/mol. The molecule has 0 saturated heterocycles. The molecule has 0 saturated carbocycles. The van der Waals surface area contributed by atoms with Gasteiger partial charge < -0.3 is 8.83 Å². The zero-order valence-corrected chi connectivity index (χ0v) is 31.8. The number of hydrogen-bond donors (Lipinski definition) is 0. The SMILES string of the molecule is c1ccc2c(c1)-c1ccccc1C21c2cc(-c3cccc4oc5c6ccccc6ccc5c34)ccc2-c2ccc3c(-c4ccc5oc6ccccc6c5c4)cccc3c21. The highest BCUT2D eigenvalue weighted by molar-refractivity contribution is 6.19. The first-order valence-corrected chi connectivity index (χ1v) is 20.4. The van der Waals surface area contributed by atoms with Crippen LogP contribution < -0.4 is 0 Å². The summed E-state index contributed by atoms with van der Waals surface area (Å²) in [6.07, 6.45) is 0. The minimum absolute atomic E-state index is 0.528. The van der Waals surface area contributed by atoms with E-state index in [-0.39, 0.29) is 0 Å². The minimum atomic E-state index is -0.528. The highest BCUT2D eigenvalue weighted by atomic mass is 16.3. The van der Waals surface area contributed by atoms with Crippen LogP contribution in [0.25, 0.3) is 110 Å². The van der Waals surface area contributed by atoms with Gasteiger partial charge in [0.1, 0.15) is 22.3 Å². The zero-order valence-electron chi connectivity index (χ0n) is 31.8. The van der Waals surface area contributed by atoms with Crippen LogP contribution in [0, 0.1) is 0 Å². The molecule has 0 aliphatic heterocycles. The maximum absolute atomic E-state index is 6.69. The van der Waals surface area contributed by atoms with Crippen molar-refractivity contribution in [2.24, 2.45) is 0 Å². The molecule has 2 nitrogen and oxygen atoms in total. The molecule has 272 valence electrons. The first kappa shape index (κ1) is 31.4. The number of furan rings is 2. The zero-order chi connectivity index (χ0) is 38.4. The van der Waals surface area contributed by atoms with Gasteiger partial charge in [0.15, 0.2) is 0 Å². The third-order valence-electron chi connectivity index (χ3n) is 13.5. The van der Waals surface area contributed by atoms with E-state index in [9.17, 15) is 0 Å². The summed E-state index contributed by atoms with van der Waals surface area (Å²) < 4.78 is 12.9. The van der Waals surface area contributed by atoms with Gasteiger partial charge >= 0.3 is 0 Å². The van der Waals surface area contributed by atoms with Crippen LogP contribution in [0.4, 0.5) is 0 Å². The molecule has 0 atom stereocenters. The summed E-state index contributed by atoms with van der Waals surface area (Å²) in [6, 6.07) is 71.5. The molecule has 59 heavy (non-hydrogen) atoms. The van der Waals surface area contributed by atoms with Gasteiger partial charge in [-0.25, -0.2) is 0 Å². The Morgan fingerprint density at radius 2 is 0.915 bits per heavy atom. The molecule has 0 fully saturated rings. The Labute approximate surface area is 339 Å². The molecule has 2 heteroatoms. The van der Waals surface area contributed by atoms with E-state index in [0.29, 0.717) is 0 Å². The number of para-hydroxylation sites is 1. The molecule has 2 heterocycles. The van der Waals surface area contributed by atoms with Crippen molar-refractivity contribution in [3.63, 3.8) is 0 Å². The second-order valence-electron chi connectivity index (χ2n) is 16.2. The van der Waals surface area contributed by atoms with E-state index >= 15 is 0 Å². The van der Waals surface area contributed by atoms with Crippen LogP contribution in [0.3, 0.4) is 0 Å². The fraction of sp³-hybridized carbons (Fsp3) is 0.0175. The number of benzene rings is 10. The summed E-state index contributed by atoms with van der Waals surface area (Å²) in [5.41, 5.74) is 18.4. The van der Waals surface area contributed by atoms with Crippen molar-refractivity contribution < 1.29 is 8.83 Å². The number of hydrogen-bond acceptors (Lipinski definition) is 2. The monoisotopic (exact) mass is 748 g/mol.